The van der Waals surface area contributed by atoms with Crippen LogP contribution in [0.2, 0.25) is 0 Å². The average molecular weight is 198 g/mol. The molecule has 2 rings (SSSR count). The topological polar surface area (TPSA) is 83.6 Å². The van der Waals surface area contributed by atoms with Gasteiger partial charge in [0.2, 0.25) is 5.91 Å². The minimum absolute atomic E-state index is 0.0441. The van der Waals surface area contributed by atoms with Crippen LogP contribution in [0.3, 0.4) is 0 Å². The highest BCUT2D eigenvalue weighted by atomic mass is 16.4. The second-order valence-corrected chi connectivity index (χ2v) is 4.01. The number of piperidine rings is 1. The molecule has 2 aliphatic rings. The lowest BCUT2D eigenvalue weighted by atomic mass is 9.99. The summed E-state index contributed by atoms with van der Waals surface area (Å²) in [4.78, 5) is 23.9. The van der Waals surface area contributed by atoms with Crippen molar-refractivity contribution in [2.75, 3.05) is 0 Å². The van der Waals surface area contributed by atoms with Crippen LogP contribution in [0.15, 0.2) is 0 Å². The molecule has 0 bridgehead atoms. The summed E-state index contributed by atoms with van der Waals surface area (Å²) in [6, 6.07) is -0.902. The van der Waals surface area contributed by atoms with Crippen LogP contribution in [0.1, 0.15) is 25.7 Å². The lowest BCUT2D eigenvalue weighted by molar-refractivity contribution is -0.151. The Kier molecular flexibility index (Phi) is 2.19. The molecule has 3 N–H and O–H groups in total. The van der Waals surface area contributed by atoms with Gasteiger partial charge in [0.05, 0.1) is 0 Å². The zero-order valence-electron chi connectivity index (χ0n) is 7.85. The molecule has 0 aliphatic carbocycles. The monoisotopic (exact) mass is 198 g/mol. The summed E-state index contributed by atoms with van der Waals surface area (Å²) in [6.45, 7) is 0. The van der Waals surface area contributed by atoms with E-state index in [0.717, 1.165) is 12.8 Å². The Morgan fingerprint density at radius 2 is 2.29 bits per heavy atom. The third-order valence-corrected chi connectivity index (χ3v) is 3.15. The molecular formula is C9H14N2O3. The number of hydrogen-bond acceptors (Lipinski definition) is 3. The summed E-state index contributed by atoms with van der Waals surface area (Å²) in [5.74, 6) is -0.986. The number of rotatable bonds is 1. The van der Waals surface area contributed by atoms with Crippen molar-refractivity contribution in [1.82, 2.24) is 4.90 Å². The Balaban J connectivity index is 2.24. The molecular weight excluding hydrogens is 184 g/mol. The highest BCUT2D eigenvalue weighted by molar-refractivity contribution is 5.85. The lowest BCUT2D eigenvalue weighted by Crippen LogP contribution is -2.49. The molecule has 3 unspecified atom stereocenters. The van der Waals surface area contributed by atoms with E-state index in [-0.39, 0.29) is 18.0 Å². The molecule has 14 heavy (non-hydrogen) atoms. The normalized spacial score (nSPS) is 37.1. The quantitative estimate of drug-likeness (QED) is 0.597. The molecule has 0 radical (unpaired) electrons. The van der Waals surface area contributed by atoms with Gasteiger partial charge in [-0.1, -0.05) is 0 Å². The molecule has 3 atom stereocenters. The van der Waals surface area contributed by atoms with Crippen molar-refractivity contribution >= 4 is 11.9 Å². The molecule has 0 aromatic carbocycles. The minimum atomic E-state index is -0.932. The van der Waals surface area contributed by atoms with Gasteiger partial charge in [0.15, 0.2) is 0 Å². The van der Waals surface area contributed by atoms with E-state index in [9.17, 15) is 9.59 Å². The van der Waals surface area contributed by atoms with E-state index in [0.29, 0.717) is 12.8 Å². The number of fused-ring (bicyclic) bond motifs is 1. The number of amides is 1. The Morgan fingerprint density at radius 1 is 1.57 bits per heavy atom. The predicted molar refractivity (Wildman–Crippen MR) is 48.5 cm³/mol. The van der Waals surface area contributed by atoms with E-state index < -0.39 is 12.0 Å². The highest BCUT2D eigenvalue weighted by Crippen LogP contribution is 2.31. The van der Waals surface area contributed by atoms with Gasteiger partial charge >= 0.3 is 5.97 Å². The zero-order chi connectivity index (χ0) is 10.3. The molecule has 2 saturated heterocycles. The molecule has 0 aromatic heterocycles. The summed E-state index contributed by atoms with van der Waals surface area (Å²) in [5.41, 5.74) is 5.82. The van der Waals surface area contributed by atoms with Crippen molar-refractivity contribution in [3.63, 3.8) is 0 Å². The largest absolute Gasteiger partial charge is 0.480 e. The molecule has 2 heterocycles. The first-order chi connectivity index (χ1) is 6.61. The minimum Gasteiger partial charge on any atom is -0.480 e. The van der Waals surface area contributed by atoms with Gasteiger partial charge in [0.1, 0.15) is 6.04 Å². The van der Waals surface area contributed by atoms with Crippen LogP contribution in [0.4, 0.5) is 0 Å². The SMILES string of the molecule is NC1CC(C(=O)O)N2C(=O)CCCC12. The molecule has 1 amide bonds. The summed E-state index contributed by atoms with van der Waals surface area (Å²) in [5, 5.41) is 8.94. The van der Waals surface area contributed by atoms with Crippen LogP contribution in [0, 0.1) is 0 Å². The second-order valence-electron chi connectivity index (χ2n) is 4.01. The summed E-state index contributed by atoms with van der Waals surface area (Å²) >= 11 is 0. The van der Waals surface area contributed by atoms with Crippen molar-refractivity contribution in [2.24, 2.45) is 5.73 Å². The van der Waals surface area contributed by atoms with E-state index in [1.165, 1.54) is 4.90 Å². The maximum absolute atomic E-state index is 11.5. The molecule has 5 nitrogen and oxygen atoms in total. The second kappa shape index (κ2) is 3.24. The third-order valence-electron chi connectivity index (χ3n) is 3.15. The van der Waals surface area contributed by atoms with Crippen molar-refractivity contribution in [3.8, 4) is 0 Å². The Labute approximate surface area is 81.9 Å². The van der Waals surface area contributed by atoms with Gasteiger partial charge in [-0.15, -0.1) is 0 Å². The molecule has 5 heteroatoms. The molecule has 2 fully saturated rings. The van der Waals surface area contributed by atoms with Crippen LogP contribution in [-0.2, 0) is 9.59 Å². The van der Waals surface area contributed by atoms with Gasteiger partial charge in [0, 0.05) is 18.5 Å². The van der Waals surface area contributed by atoms with Crippen molar-refractivity contribution < 1.29 is 14.7 Å². The van der Waals surface area contributed by atoms with E-state index >= 15 is 0 Å². The Bertz CT molecular complexity index is 279. The predicted octanol–water partition coefficient (Wildman–Crippen LogP) is -0.448. The summed E-state index contributed by atoms with van der Waals surface area (Å²) in [6.07, 6.45) is 2.54. The molecule has 0 spiro atoms. The molecule has 0 aromatic rings. The fourth-order valence-electron chi connectivity index (χ4n) is 2.49. The summed E-state index contributed by atoms with van der Waals surface area (Å²) < 4.78 is 0. The number of carboxylic acids is 1. The van der Waals surface area contributed by atoms with E-state index in [1.54, 1.807) is 0 Å². The van der Waals surface area contributed by atoms with Crippen molar-refractivity contribution in [2.45, 2.75) is 43.8 Å². The van der Waals surface area contributed by atoms with Gasteiger partial charge in [-0.3, -0.25) is 4.79 Å². The Hall–Kier alpha value is -1.10. The lowest BCUT2D eigenvalue weighted by Gasteiger charge is -2.33. The van der Waals surface area contributed by atoms with Gasteiger partial charge in [-0.2, -0.15) is 0 Å². The first-order valence-electron chi connectivity index (χ1n) is 4.91. The van der Waals surface area contributed by atoms with Crippen molar-refractivity contribution in [3.05, 3.63) is 0 Å². The standard InChI is InChI=1S/C9H14N2O3/c10-5-4-7(9(13)14)11-6(5)2-1-3-8(11)12/h5-7H,1-4,10H2,(H,13,14). The van der Waals surface area contributed by atoms with E-state index in [4.69, 9.17) is 10.8 Å². The number of hydrogen-bond donors (Lipinski definition) is 2. The van der Waals surface area contributed by atoms with E-state index in [2.05, 4.69) is 0 Å². The highest BCUT2D eigenvalue weighted by Gasteiger charge is 2.46. The molecule has 2 aliphatic heterocycles. The average Bonchev–Trinajstić information content (AvgIpc) is 2.46. The van der Waals surface area contributed by atoms with Gasteiger partial charge in [0.25, 0.3) is 0 Å². The van der Waals surface area contributed by atoms with Crippen LogP contribution in [0.5, 0.6) is 0 Å². The maximum atomic E-state index is 11.5. The Morgan fingerprint density at radius 3 is 2.93 bits per heavy atom. The number of aliphatic carboxylic acids is 1. The van der Waals surface area contributed by atoms with Gasteiger partial charge < -0.3 is 15.7 Å². The number of carbonyl (C=O) groups excluding carboxylic acids is 1. The molecule has 78 valence electrons. The van der Waals surface area contributed by atoms with Crippen molar-refractivity contribution in [1.29, 1.82) is 0 Å². The van der Waals surface area contributed by atoms with E-state index in [1.807, 2.05) is 0 Å². The van der Waals surface area contributed by atoms with Crippen LogP contribution >= 0.6 is 0 Å². The first kappa shape index (κ1) is 9.45. The zero-order valence-corrected chi connectivity index (χ0v) is 7.85. The van der Waals surface area contributed by atoms with Gasteiger partial charge in [-0.05, 0) is 19.3 Å². The maximum Gasteiger partial charge on any atom is 0.326 e. The van der Waals surface area contributed by atoms with Crippen LogP contribution < -0.4 is 5.73 Å². The van der Waals surface area contributed by atoms with Crippen LogP contribution in [0.25, 0.3) is 0 Å². The number of nitrogens with zero attached hydrogens (tertiary/aromatic N) is 1. The molecule has 0 saturated carbocycles. The first-order valence-corrected chi connectivity index (χ1v) is 4.91. The fraction of sp³-hybridized carbons (Fsp3) is 0.778. The third kappa shape index (κ3) is 1.28. The number of carbonyl (C=O) groups is 2. The fourth-order valence-corrected chi connectivity index (χ4v) is 2.49. The van der Waals surface area contributed by atoms with Gasteiger partial charge in [-0.25, -0.2) is 4.79 Å². The smallest absolute Gasteiger partial charge is 0.326 e. The number of nitrogens with two attached hydrogens (primary N) is 1. The summed E-state index contributed by atoms with van der Waals surface area (Å²) in [7, 11) is 0. The number of carboxylic acid groups (broad SMARTS) is 1. The van der Waals surface area contributed by atoms with Crippen LogP contribution in [-0.4, -0.2) is 40.0 Å².